The molecule has 2 rings (SSSR count). The average molecular weight is 179 g/mol. The number of imidazole rings is 1. The van der Waals surface area contributed by atoms with Crippen LogP contribution in [0.4, 0.5) is 0 Å². The van der Waals surface area contributed by atoms with Crippen LogP contribution in [0.25, 0.3) is 0 Å². The van der Waals surface area contributed by atoms with Gasteiger partial charge in [-0.2, -0.15) is 0 Å². The average Bonchev–Trinajstić information content (AvgIpc) is 2.47. The molecule has 0 saturated heterocycles. The lowest BCUT2D eigenvalue weighted by atomic mass is 10.0. The van der Waals surface area contributed by atoms with Crippen molar-refractivity contribution in [3.63, 3.8) is 0 Å². The fourth-order valence-corrected chi connectivity index (χ4v) is 2.18. The minimum atomic E-state index is 0.606. The van der Waals surface area contributed by atoms with E-state index in [9.17, 15) is 0 Å². The summed E-state index contributed by atoms with van der Waals surface area (Å²) in [6, 6.07) is 0.606. The molecule has 3 nitrogen and oxygen atoms in total. The van der Waals surface area contributed by atoms with Crippen molar-refractivity contribution in [1.82, 2.24) is 9.55 Å². The Labute approximate surface area is 79.0 Å². The van der Waals surface area contributed by atoms with Crippen LogP contribution in [0.5, 0.6) is 0 Å². The number of nitrogens with two attached hydrogens (primary N) is 1. The van der Waals surface area contributed by atoms with Crippen LogP contribution in [0.2, 0.25) is 0 Å². The van der Waals surface area contributed by atoms with Gasteiger partial charge in [0.05, 0.1) is 5.69 Å². The van der Waals surface area contributed by atoms with Crippen LogP contribution in [-0.2, 0) is 6.42 Å². The van der Waals surface area contributed by atoms with Crippen molar-refractivity contribution in [3.8, 4) is 0 Å². The first-order valence-electron chi connectivity index (χ1n) is 5.05. The molecule has 0 saturated carbocycles. The van der Waals surface area contributed by atoms with Crippen molar-refractivity contribution in [2.75, 3.05) is 6.54 Å². The molecule has 1 atom stereocenters. The summed E-state index contributed by atoms with van der Waals surface area (Å²) in [5.41, 5.74) is 6.73. The quantitative estimate of drug-likeness (QED) is 0.746. The number of hydrogen-bond donors (Lipinski definition) is 1. The first-order chi connectivity index (χ1) is 6.31. The van der Waals surface area contributed by atoms with Gasteiger partial charge < -0.3 is 10.3 Å². The minimum absolute atomic E-state index is 0.606. The third kappa shape index (κ3) is 1.61. The maximum absolute atomic E-state index is 5.59. The monoisotopic (exact) mass is 179 g/mol. The summed E-state index contributed by atoms with van der Waals surface area (Å²) >= 11 is 0. The van der Waals surface area contributed by atoms with Crippen molar-refractivity contribution in [3.05, 3.63) is 17.7 Å². The number of aryl methyl sites for hydroxylation is 2. The summed E-state index contributed by atoms with van der Waals surface area (Å²) in [4.78, 5) is 4.51. The Morgan fingerprint density at radius 2 is 2.54 bits per heavy atom. The maximum Gasteiger partial charge on any atom is 0.109 e. The van der Waals surface area contributed by atoms with Gasteiger partial charge in [-0.15, -0.1) is 0 Å². The van der Waals surface area contributed by atoms with Gasteiger partial charge in [0.25, 0.3) is 0 Å². The number of rotatable bonds is 2. The third-order valence-electron chi connectivity index (χ3n) is 2.76. The minimum Gasteiger partial charge on any atom is -0.332 e. The number of fused-ring (bicyclic) bond motifs is 1. The summed E-state index contributed by atoms with van der Waals surface area (Å²) in [5, 5.41) is 0. The van der Waals surface area contributed by atoms with E-state index in [0.717, 1.165) is 25.1 Å². The van der Waals surface area contributed by atoms with Crippen molar-refractivity contribution >= 4 is 0 Å². The van der Waals surface area contributed by atoms with Crippen molar-refractivity contribution < 1.29 is 0 Å². The lowest BCUT2D eigenvalue weighted by Gasteiger charge is -2.24. The molecule has 0 amide bonds. The number of hydrogen-bond acceptors (Lipinski definition) is 2. The predicted molar refractivity (Wildman–Crippen MR) is 52.6 cm³/mol. The Morgan fingerprint density at radius 3 is 3.31 bits per heavy atom. The van der Waals surface area contributed by atoms with Crippen LogP contribution in [0.15, 0.2) is 6.20 Å². The molecule has 3 heteroatoms. The molecular weight excluding hydrogens is 162 g/mol. The van der Waals surface area contributed by atoms with Gasteiger partial charge in [-0.1, -0.05) is 0 Å². The Balaban J connectivity index is 2.25. The van der Waals surface area contributed by atoms with E-state index in [2.05, 4.69) is 22.7 Å². The van der Waals surface area contributed by atoms with Crippen LogP contribution in [0, 0.1) is 6.92 Å². The van der Waals surface area contributed by atoms with Gasteiger partial charge in [0.15, 0.2) is 0 Å². The molecule has 1 aromatic rings. The molecule has 0 radical (unpaired) electrons. The van der Waals surface area contributed by atoms with Crippen LogP contribution < -0.4 is 5.73 Å². The van der Waals surface area contributed by atoms with E-state index < -0.39 is 0 Å². The second-order valence-electron chi connectivity index (χ2n) is 3.83. The van der Waals surface area contributed by atoms with Gasteiger partial charge >= 0.3 is 0 Å². The molecule has 0 fully saturated rings. The van der Waals surface area contributed by atoms with E-state index in [1.807, 2.05) is 0 Å². The first-order valence-corrected chi connectivity index (χ1v) is 5.05. The summed E-state index contributed by atoms with van der Waals surface area (Å²) < 4.78 is 2.33. The van der Waals surface area contributed by atoms with Gasteiger partial charge in [-0.3, -0.25) is 0 Å². The Bertz CT molecular complexity index is 290. The largest absolute Gasteiger partial charge is 0.332 e. The highest BCUT2D eigenvalue weighted by Gasteiger charge is 2.19. The molecule has 72 valence electrons. The molecule has 1 aliphatic rings. The van der Waals surface area contributed by atoms with Crippen molar-refractivity contribution in [2.24, 2.45) is 5.73 Å². The summed E-state index contributed by atoms with van der Waals surface area (Å²) in [5.74, 6) is 1.25. The standard InChI is InChI=1S/C10H17N3/c1-8-7-13-9(5-6-11)3-2-4-10(13)12-8/h7,9H,2-6,11H2,1H3. The summed E-state index contributed by atoms with van der Waals surface area (Å²) in [6.07, 6.45) is 6.91. The van der Waals surface area contributed by atoms with E-state index in [-0.39, 0.29) is 0 Å². The predicted octanol–water partition coefficient (Wildman–Crippen LogP) is 1.42. The van der Waals surface area contributed by atoms with E-state index in [0.29, 0.717) is 6.04 Å². The molecule has 2 N–H and O–H groups in total. The highest BCUT2D eigenvalue weighted by atomic mass is 15.1. The zero-order valence-electron chi connectivity index (χ0n) is 8.16. The number of aromatic nitrogens is 2. The Hall–Kier alpha value is -0.830. The van der Waals surface area contributed by atoms with Crippen molar-refractivity contribution in [2.45, 2.75) is 38.6 Å². The third-order valence-corrected chi connectivity index (χ3v) is 2.76. The van der Waals surface area contributed by atoms with E-state index >= 15 is 0 Å². The lowest BCUT2D eigenvalue weighted by molar-refractivity contribution is 0.379. The highest BCUT2D eigenvalue weighted by Crippen LogP contribution is 2.26. The molecule has 0 aromatic carbocycles. The molecule has 1 aliphatic heterocycles. The van der Waals surface area contributed by atoms with Crippen LogP contribution in [0.1, 0.15) is 36.8 Å². The molecule has 13 heavy (non-hydrogen) atoms. The van der Waals surface area contributed by atoms with Crippen LogP contribution in [0.3, 0.4) is 0 Å². The first kappa shape index (κ1) is 8.75. The summed E-state index contributed by atoms with van der Waals surface area (Å²) in [7, 11) is 0. The van der Waals surface area contributed by atoms with E-state index in [1.165, 1.54) is 18.7 Å². The Kier molecular flexibility index (Phi) is 2.36. The van der Waals surface area contributed by atoms with Gasteiger partial charge in [-0.05, 0) is 32.7 Å². The maximum atomic E-state index is 5.59. The summed E-state index contributed by atoms with van der Waals surface area (Å²) in [6.45, 7) is 2.84. The van der Waals surface area contributed by atoms with Gasteiger partial charge in [-0.25, -0.2) is 4.98 Å². The molecular formula is C10H17N3. The lowest BCUT2D eigenvalue weighted by Crippen LogP contribution is -2.20. The second kappa shape index (κ2) is 3.50. The van der Waals surface area contributed by atoms with Crippen LogP contribution in [-0.4, -0.2) is 16.1 Å². The van der Waals surface area contributed by atoms with Gasteiger partial charge in [0.1, 0.15) is 5.82 Å². The zero-order chi connectivity index (χ0) is 9.26. The molecule has 0 spiro atoms. The topological polar surface area (TPSA) is 43.8 Å². The normalized spacial score (nSPS) is 21.5. The zero-order valence-corrected chi connectivity index (χ0v) is 8.16. The second-order valence-corrected chi connectivity index (χ2v) is 3.83. The molecule has 0 bridgehead atoms. The smallest absolute Gasteiger partial charge is 0.109 e. The Morgan fingerprint density at radius 1 is 1.69 bits per heavy atom. The van der Waals surface area contributed by atoms with Crippen LogP contribution >= 0.6 is 0 Å². The van der Waals surface area contributed by atoms with Crippen molar-refractivity contribution in [1.29, 1.82) is 0 Å². The van der Waals surface area contributed by atoms with Gasteiger partial charge in [0.2, 0.25) is 0 Å². The van der Waals surface area contributed by atoms with E-state index in [4.69, 9.17) is 5.73 Å². The van der Waals surface area contributed by atoms with E-state index in [1.54, 1.807) is 0 Å². The molecule has 1 unspecified atom stereocenters. The fraction of sp³-hybridized carbons (Fsp3) is 0.700. The molecule has 2 heterocycles. The molecule has 0 aliphatic carbocycles. The highest BCUT2D eigenvalue weighted by molar-refractivity contribution is 5.06. The van der Waals surface area contributed by atoms with Gasteiger partial charge in [0, 0.05) is 18.7 Å². The SMILES string of the molecule is Cc1cn2c(n1)CCCC2CCN. The fourth-order valence-electron chi connectivity index (χ4n) is 2.18. The number of nitrogens with zero attached hydrogens (tertiary/aromatic N) is 2. The molecule has 1 aromatic heterocycles.